The van der Waals surface area contributed by atoms with E-state index in [0.29, 0.717) is 5.41 Å². The smallest absolute Gasteiger partial charge is 0.313 e. The van der Waals surface area contributed by atoms with Gasteiger partial charge in [-0.15, -0.1) is 0 Å². The summed E-state index contributed by atoms with van der Waals surface area (Å²) in [4.78, 5) is 15.5. The number of hydrogen-bond acceptors (Lipinski definition) is 3. The molecule has 112 valence electrons. The lowest BCUT2D eigenvalue weighted by Crippen LogP contribution is -2.33. The highest BCUT2D eigenvalue weighted by molar-refractivity contribution is 7.99. The Hall–Kier alpha value is -1.49. The number of imidazole rings is 1. The van der Waals surface area contributed by atoms with Gasteiger partial charge in [0, 0.05) is 6.54 Å². The first-order valence-corrected chi connectivity index (χ1v) is 8.42. The minimum Gasteiger partial charge on any atom is -0.481 e. The molecule has 2 aromatic rings. The summed E-state index contributed by atoms with van der Waals surface area (Å²) in [7, 11) is 0. The second-order valence-corrected chi connectivity index (χ2v) is 6.80. The molecular weight excluding hydrogens is 284 g/mol. The molecule has 1 aromatic carbocycles. The molecule has 1 aromatic heterocycles. The Morgan fingerprint density at radius 2 is 2.19 bits per heavy atom. The zero-order chi connectivity index (χ0) is 14.9. The first-order chi connectivity index (χ1) is 10.1. The molecule has 0 spiro atoms. The molecular formula is C16H20N2O2S. The molecule has 1 fully saturated rings. The average Bonchev–Trinajstić information content (AvgIpc) is 2.78. The topological polar surface area (TPSA) is 55.1 Å². The first kappa shape index (κ1) is 14.4. The van der Waals surface area contributed by atoms with E-state index in [2.05, 4.69) is 22.5 Å². The summed E-state index contributed by atoms with van der Waals surface area (Å²) in [6.45, 7) is 3.20. The van der Waals surface area contributed by atoms with Crippen LogP contribution in [0.1, 0.15) is 32.6 Å². The molecule has 3 rings (SSSR count). The maximum Gasteiger partial charge on any atom is 0.313 e. The number of carbonyl (C=O) groups is 1. The molecule has 0 aliphatic heterocycles. The van der Waals surface area contributed by atoms with Gasteiger partial charge < -0.3 is 9.67 Å². The van der Waals surface area contributed by atoms with Crippen molar-refractivity contribution in [3.05, 3.63) is 24.3 Å². The van der Waals surface area contributed by atoms with Crippen LogP contribution in [0, 0.1) is 5.41 Å². The third kappa shape index (κ3) is 2.79. The monoisotopic (exact) mass is 304 g/mol. The van der Waals surface area contributed by atoms with E-state index in [0.717, 1.165) is 22.7 Å². The highest BCUT2D eigenvalue weighted by atomic mass is 32.2. The van der Waals surface area contributed by atoms with Crippen molar-refractivity contribution in [2.24, 2.45) is 5.41 Å². The highest BCUT2D eigenvalue weighted by Crippen LogP contribution is 2.46. The Morgan fingerprint density at radius 3 is 2.81 bits per heavy atom. The SMILES string of the molecule is CCC1(Cn2c(SCC(=O)O)nc3ccccc32)CCC1. The van der Waals surface area contributed by atoms with E-state index in [4.69, 9.17) is 5.11 Å². The molecule has 5 heteroatoms. The van der Waals surface area contributed by atoms with Crippen molar-refractivity contribution in [2.45, 2.75) is 44.3 Å². The van der Waals surface area contributed by atoms with E-state index in [1.54, 1.807) is 0 Å². The predicted molar refractivity (Wildman–Crippen MR) is 84.7 cm³/mol. The molecule has 0 radical (unpaired) electrons. The number of benzene rings is 1. The molecule has 1 N–H and O–H groups in total. The van der Waals surface area contributed by atoms with E-state index < -0.39 is 5.97 Å². The molecule has 0 amide bonds. The van der Waals surface area contributed by atoms with Gasteiger partial charge in [0.2, 0.25) is 0 Å². The third-order valence-corrected chi connectivity index (χ3v) is 5.56. The van der Waals surface area contributed by atoms with Crippen molar-refractivity contribution in [2.75, 3.05) is 5.75 Å². The van der Waals surface area contributed by atoms with Crippen molar-refractivity contribution in [3.8, 4) is 0 Å². The first-order valence-electron chi connectivity index (χ1n) is 7.43. The number of carboxylic acids is 1. The Morgan fingerprint density at radius 1 is 1.43 bits per heavy atom. The molecule has 0 unspecified atom stereocenters. The summed E-state index contributed by atoms with van der Waals surface area (Å²) in [5, 5.41) is 9.75. The van der Waals surface area contributed by atoms with Crippen molar-refractivity contribution in [1.82, 2.24) is 9.55 Å². The maximum absolute atomic E-state index is 10.8. The Balaban J connectivity index is 1.96. The van der Waals surface area contributed by atoms with Gasteiger partial charge in [0.25, 0.3) is 0 Å². The van der Waals surface area contributed by atoms with Crippen LogP contribution < -0.4 is 0 Å². The fourth-order valence-corrected chi connectivity index (χ4v) is 3.81. The van der Waals surface area contributed by atoms with Gasteiger partial charge in [-0.3, -0.25) is 4.79 Å². The van der Waals surface area contributed by atoms with Gasteiger partial charge in [-0.2, -0.15) is 0 Å². The lowest BCUT2D eigenvalue weighted by Gasteiger charge is -2.42. The van der Waals surface area contributed by atoms with Gasteiger partial charge in [-0.05, 0) is 36.8 Å². The van der Waals surface area contributed by atoms with Gasteiger partial charge in [-0.1, -0.05) is 37.2 Å². The van der Waals surface area contributed by atoms with Crippen LogP contribution in [0.2, 0.25) is 0 Å². The van der Waals surface area contributed by atoms with Crippen molar-refractivity contribution in [3.63, 3.8) is 0 Å². The molecule has 0 atom stereocenters. The summed E-state index contributed by atoms with van der Waals surface area (Å²) in [5.74, 6) is -0.741. The molecule has 21 heavy (non-hydrogen) atoms. The van der Waals surface area contributed by atoms with Gasteiger partial charge >= 0.3 is 5.97 Å². The van der Waals surface area contributed by atoms with E-state index in [9.17, 15) is 4.79 Å². The summed E-state index contributed by atoms with van der Waals surface area (Å²) in [6, 6.07) is 8.07. The van der Waals surface area contributed by atoms with Crippen LogP contribution in [0.3, 0.4) is 0 Å². The number of para-hydroxylation sites is 2. The van der Waals surface area contributed by atoms with Crippen LogP contribution >= 0.6 is 11.8 Å². The number of fused-ring (bicyclic) bond motifs is 1. The maximum atomic E-state index is 10.8. The lowest BCUT2D eigenvalue weighted by molar-refractivity contribution is -0.133. The summed E-state index contributed by atoms with van der Waals surface area (Å²) < 4.78 is 2.23. The van der Waals surface area contributed by atoms with Crippen LogP contribution in [-0.4, -0.2) is 26.4 Å². The number of nitrogens with zero attached hydrogens (tertiary/aromatic N) is 2. The standard InChI is InChI=1S/C16H20N2O2S/c1-2-16(8-5-9-16)11-18-13-7-4-3-6-12(13)17-15(18)21-10-14(19)20/h3-4,6-7H,2,5,8-11H2,1H3,(H,19,20). The van der Waals surface area contributed by atoms with Gasteiger partial charge in [-0.25, -0.2) is 4.98 Å². The number of carboxylic acid groups (broad SMARTS) is 1. The van der Waals surface area contributed by atoms with Crippen LogP contribution in [-0.2, 0) is 11.3 Å². The fraction of sp³-hybridized carbons (Fsp3) is 0.500. The van der Waals surface area contributed by atoms with E-state index >= 15 is 0 Å². The van der Waals surface area contributed by atoms with Gasteiger partial charge in [0.15, 0.2) is 5.16 Å². The second kappa shape index (κ2) is 5.72. The van der Waals surface area contributed by atoms with Crippen molar-refractivity contribution < 1.29 is 9.90 Å². The van der Waals surface area contributed by atoms with Gasteiger partial charge in [0.1, 0.15) is 0 Å². The second-order valence-electron chi connectivity index (χ2n) is 5.86. The van der Waals surface area contributed by atoms with Crippen LogP contribution in [0.25, 0.3) is 11.0 Å². The quantitative estimate of drug-likeness (QED) is 0.825. The Labute approximate surface area is 128 Å². The largest absolute Gasteiger partial charge is 0.481 e. The number of hydrogen-bond donors (Lipinski definition) is 1. The summed E-state index contributed by atoms with van der Waals surface area (Å²) >= 11 is 1.32. The van der Waals surface area contributed by atoms with Gasteiger partial charge in [0.05, 0.1) is 16.8 Å². The molecule has 0 saturated heterocycles. The van der Waals surface area contributed by atoms with Crippen LogP contribution in [0.15, 0.2) is 29.4 Å². The number of aliphatic carboxylic acids is 1. The van der Waals surface area contributed by atoms with E-state index in [1.807, 2.05) is 18.2 Å². The minimum atomic E-state index is -0.799. The lowest BCUT2D eigenvalue weighted by atomic mass is 9.67. The Bertz CT molecular complexity index is 656. The predicted octanol–water partition coefficient (Wildman–Crippen LogP) is 3.79. The van der Waals surface area contributed by atoms with Crippen molar-refractivity contribution in [1.29, 1.82) is 0 Å². The fourth-order valence-electron chi connectivity index (χ4n) is 3.08. The molecule has 1 saturated carbocycles. The number of aromatic nitrogens is 2. The van der Waals surface area contributed by atoms with E-state index in [1.165, 1.54) is 37.4 Å². The average molecular weight is 304 g/mol. The summed E-state index contributed by atoms with van der Waals surface area (Å²) in [6.07, 6.45) is 5.00. The zero-order valence-corrected chi connectivity index (χ0v) is 13.0. The van der Waals surface area contributed by atoms with E-state index in [-0.39, 0.29) is 5.75 Å². The number of rotatable bonds is 6. The Kier molecular flexibility index (Phi) is 3.93. The third-order valence-electron chi connectivity index (χ3n) is 4.60. The molecule has 1 aliphatic rings. The minimum absolute atomic E-state index is 0.0580. The number of thioether (sulfide) groups is 1. The molecule has 4 nitrogen and oxygen atoms in total. The van der Waals surface area contributed by atoms with Crippen molar-refractivity contribution >= 4 is 28.8 Å². The highest BCUT2D eigenvalue weighted by Gasteiger charge is 2.36. The normalized spacial score (nSPS) is 16.8. The van der Waals surface area contributed by atoms with Crippen LogP contribution in [0.5, 0.6) is 0 Å². The van der Waals surface area contributed by atoms with Crippen LogP contribution in [0.4, 0.5) is 0 Å². The molecule has 0 bridgehead atoms. The summed E-state index contributed by atoms with van der Waals surface area (Å²) in [5.41, 5.74) is 2.45. The zero-order valence-electron chi connectivity index (χ0n) is 12.2. The molecule has 1 aliphatic carbocycles. The molecule has 1 heterocycles.